The van der Waals surface area contributed by atoms with Gasteiger partial charge in [-0.15, -0.1) is 15.3 Å². The lowest BCUT2D eigenvalue weighted by molar-refractivity contribution is 0.0292. The van der Waals surface area contributed by atoms with E-state index in [0.717, 1.165) is 30.5 Å². The average Bonchev–Trinajstić information content (AvgIpc) is 0.743. The minimum atomic E-state index is -4.33. The first kappa shape index (κ1) is 111. The smallest absolute Gasteiger partial charge is 0.356 e. The van der Waals surface area contributed by atoms with Gasteiger partial charge in [0.05, 0.1) is 42.2 Å². The van der Waals surface area contributed by atoms with Crippen molar-refractivity contribution in [2.45, 2.75) is 145 Å². The highest BCUT2D eigenvalue weighted by molar-refractivity contribution is 9.26. The zero-order valence-corrected chi connectivity index (χ0v) is 78.8. The van der Waals surface area contributed by atoms with Crippen LogP contribution in [0, 0.1) is 51.1 Å². The monoisotopic (exact) mass is 1940 g/mol. The van der Waals surface area contributed by atoms with Gasteiger partial charge in [0, 0.05) is 185 Å². The van der Waals surface area contributed by atoms with E-state index in [4.69, 9.17) is 32.5 Å². The van der Waals surface area contributed by atoms with E-state index in [1.54, 1.807) is 74.3 Å². The Morgan fingerprint density at radius 3 is 1.10 bits per heavy atom. The van der Waals surface area contributed by atoms with E-state index in [1.165, 1.54) is 66.7 Å². The molecule has 9 rings (SSSR count). The Morgan fingerprint density at radius 2 is 0.819 bits per heavy atom. The van der Waals surface area contributed by atoms with E-state index in [9.17, 15) is 108 Å². The molecular formula is C83H119BrF6N9O24P3Si. The van der Waals surface area contributed by atoms with Crippen LogP contribution in [0.25, 0.3) is 0 Å². The Bertz CT molecular complexity index is 5190. The van der Waals surface area contributed by atoms with Crippen molar-refractivity contribution in [1.29, 1.82) is 0 Å². The van der Waals surface area contributed by atoms with Gasteiger partial charge in [0.25, 0.3) is 17.7 Å². The Labute approximate surface area is 742 Å². The summed E-state index contributed by atoms with van der Waals surface area (Å²) in [5.41, 5.74) is -8.36. The summed E-state index contributed by atoms with van der Waals surface area (Å²) in [4.78, 5) is 140. The number of carbonyl (C=O) groups is 6. The van der Waals surface area contributed by atoms with Crippen LogP contribution in [0.3, 0.4) is 0 Å². The predicted octanol–water partition coefficient (Wildman–Crippen LogP) is 11.0. The molecule has 127 heavy (non-hydrogen) atoms. The number of nitrogens with zero attached hydrogens (tertiary/aromatic N) is 5. The maximum atomic E-state index is 14.0. The number of benzene rings is 3. The van der Waals surface area contributed by atoms with Gasteiger partial charge in [-0.3, -0.25) is 61.7 Å². The van der Waals surface area contributed by atoms with Crippen LogP contribution in [-0.2, 0) is 85.5 Å². The van der Waals surface area contributed by atoms with Crippen molar-refractivity contribution in [3.05, 3.63) is 189 Å². The van der Waals surface area contributed by atoms with Gasteiger partial charge >= 0.3 is 15.2 Å². The third-order valence-corrected chi connectivity index (χ3v) is 25.7. The molecule has 7 atom stereocenters. The zero-order chi connectivity index (χ0) is 95.1. The number of amides is 3. The number of aromatic nitrogens is 3. The number of methoxy groups -OCH3 is 4. The van der Waals surface area contributed by atoms with Crippen LogP contribution in [0.1, 0.15) is 147 Å². The summed E-state index contributed by atoms with van der Waals surface area (Å²) >= 11 is 3.51. The first-order valence-corrected chi connectivity index (χ1v) is 51.4. The Hall–Kier alpha value is -8.18. The van der Waals surface area contributed by atoms with Crippen LogP contribution in [0.4, 0.5) is 26.3 Å². The first-order valence-electron chi connectivity index (χ1n) is 39.8. The number of ether oxygens (including phenoxy) is 4. The number of halogens is 7. The van der Waals surface area contributed by atoms with Gasteiger partial charge in [0.1, 0.15) is 81.7 Å². The SMILES string of the molecule is C.CCOP(=O)(COC)OCC.CCOP(C)(=O)CCN(C)C1Cn2cc(C(=O)NCc3ccc(F)cc3F)c(=O)c(O)c2C(=O)C1(C)CCOC.CNC1Cn2cc(C(=O)NCc3ccc(F)cc3F)c(=O)c(O)c2C(=O)C1(C)CCOC.COCCC1(C)C(=O)c2c(O)c(=O)c(C(=O)NCc3ccc(F)cc3F)cn2CC1N(C)CCP(=O)(O)O.C[Si](C)(C)Br. The fourth-order valence-corrected chi connectivity index (χ4v) is 17.5. The Kier molecular flexibility index (Phi) is 42.6. The summed E-state index contributed by atoms with van der Waals surface area (Å²) in [5, 5.41) is 42.3. The van der Waals surface area contributed by atoms with E-state index in [-0.39, 0.29) is 132 Å². The van der Waals surface area contributed by atoms with Gasteiger partial charge in [-0.25, -0.2) is 26.3 Å². The highest BCUT2D eigenvalue weighted by Gasteiger charge is 2.52. The molecule has 33 nitrogen and oxygen atoms in total. The number of Topliss-reactive ketones (excluding diaryl/α,β-unsaturated/α-hetero) is 3. The number of hydrogen-bond donors (Lipinski definition) is 9. The molecule has 708 valence electrons. The maximum absolute atomic E-state index is 14.0. The molecule has 9 N–H and O–H groups in total. The maximum Gasteiger partial charge on any atom is 0.356 e. The van der Waals surface area contributed by atoms with Crippen molar-refractivity contribution < 1.29 is 126 Å². The molecule has 3 aromatic heterocycles. The van der Waals surface area contributed by atoms with Crippen LogP contribution in [-0.4, -0.2) is 236 Å². The van der Waals surface area contributed by atoms with Gasteiger partial charge < -0.3 is 97.5 Å². The largest absolute Gasteiger partial charge is 0.503 e. The number of hydrogen-bond acceptors (Lipinski definition) is 25. The summed E-state index contributed by atoms with van der Waals surface area (Å²) < 4.78 is 156. The molecule has 44 heteroatoms. The van der Waals surface area contributed by atoms with E-state index in [1.807, 2.05) is 4.90 Å². The first-order chi connectivity index (χ1) is 58.8. The van der Waals surface area contributed by atoms with Crippen LogP contribution in [0.5, 0.6) is 17.2 Å². The number of aromatic hydroxyl groups is 3. The standard InChI is InChI=1S/C27H36F2N3O7P.C24H30F2N3O8P.C22H25F2N3O5.C6H15O4P.C3H9BrSi.CH4/c1-6-39-40(5,37)12-10-31(3)21-16-32-15-19(26(36)30-14-17-7-8-18(28)13-20(17)29)23(33)24(34)22(32)25(35)27(21,2)9-11-38-4;1-24(6-8-37-3)18(28(2)7-9-38(34,35)36)13-29-12-16(20(30)21(31)19(29)22(24)32)23(33)27-11-14-4-5-15(25)10-17(14)26;1-22(6-7-32-3)16(25-2)11-27-10-14(18(28)19(29)17(27)20(22)30)21(31)26-9-12-4-5-13(23)8-15(12)24;1-4-9-11(7,6-8-3)10-5-2;1-5(2,3)4;/h7-8,13,15,21,34H,6,9-12,14,16H2,1-5H3,(H,30,36);4-5,10,12,18,31H,6-9,11,13H2,1-3H3,(H,27,33)(H2,34,35,36);4-5,8,10,16,25,29H,6-7,9,11H2,1-3H3,(H,26,31);4-6H2,1-3H3;1-3H3;1H4. The third kappa shape index (κ3) is 29.7. The lowest BCUT2D eigenvalue weighted by atomic mass is 9.71. The van der Waals surface area contributed by atoms with Crippen LogP contribution in [0.15, 0.2) is 87.6 Å². The number of carbonyl (C=O) groups excluding carboxylic acids is 6. The molecule has 3 aromatic carbocycles. The van der Waals surface area contributed by atoms with Crippen LogP contribution < -0.4 is 37.6 Å². The zero-order valence-electron chi connectivity index (χ0n) is 73.5. The van der Waals surface area contributed by atoms with Crippen molar-refractivity contribution in [3.8, 4) is 17.2 Å². The fraction of sp³-hybridized carbons (Fsp3) is 0.530. The van der Waals surface area contributed by atoms with Crippen LogP contribution in [0.2, 0.25) is 19.6 Å². The number of fused-ring (bicyclic) bond motifs is 3. The molecule has 3 amide bonds. The molecule has 3 aliphatic heterocycles. The molecule has 6 aromatic rings. The number of nitrogens with one attached hydrogen (secondary N) is 4. The molecule has 7 unspecified atom stereocenters. The lowest BCUT2D eigenvalue weighted by Crippen LogP contribution is -2.56. The second-order valence-electron chi connectivity index (χ2n) is 31.7. The minimum absolute atomic E-state index is 0. The Balaban J connectivity index is 0.000000366. The molecule has 0 saturated heterocycles. The van der Waals surface area contributed by atoms with Crippen molar-refractivity contribution in [1.82, 2.24) is 44.8 Å². The summed E-state index contributed by atoms with van der Waals surface area (Å²) in [7, 11) is 0.877. The van der Waals surface area contributed by atoms with Crippen LogP contribution >= 0.6 is 37.9 Å². The number of ketones is 3. The molecule has 0 aliphatic carbocycles. The third-order valence-electron chi connectivity index (χ3n) is 21.3. The van der Waals surface area contributed by atoms with Crippen molar-refractivity contribution in [2.75, 3.05) is 128 Å². The number of pyridine rings is 3. The normalized spacial score (nSPS) is 18.8. The quantitative estimate of drug-likeness (QED) is 0.00772. The Morgan fingerprint density at radius 1 is 0.520 bits per heavy atom. The van der Waals surface area contributed by atoms with Crippen molar-refractivity contribution >= 4 is 79.6 Å². The molecule has 0 saturated carbocycles. The summed E-state index contributed by atoms with van der Waals surface area (Å²) in [6, 6.07) is 7.14. The molecule has 0 fully saturated rings. The molecular weight excluding hydrogens is 1820 g/mol. The minimum Gasteiger partial charge on any atom is -0.503 e. The van der Waals surface area contributed by atoms with Gasteiger partial charge in [0.2, 0.25) is 23.7 Å². The molecule has 3 aliphatic rings. The van der Waals surface area contributed by atoms with Gasteiger partial charge in [-0.05, 0) is 79.4 Å². The summed E-state index contributed by atoms with van der Waals surface area (Å²) in [6.45, 7) is 19.3. The highest BCUT2D eigenvalue weighted by atomic mass is 79.9. The molecule has 6 heterocycles. The second kappa shape index (κ2) is 48.6. The number of rotatable bonds is 35. The molecule has 0 bridgehead atoms. The van der Waals surface area contributed by atoms with Crippen molar-refractivity contribution in [2.24, 2.45) is 16.2 Å². The second-order valence-corrected chi connectivity index (χ2v) is 49.5. The number of likely N-dealkylation sites (N-methyl/N-ethyl adjacent to an activating group) is 3. The van der Waals surface area contributed by atoms with E-state index < -0.39 is 184 Å². The highest BCUT2D eigenvalue weighted by Crippen LogP contribution is 2.49. The average molecular weight is 1940 g/mol. The predicted molar refractivity (Wildman–Crippen MR) is 471 cm³/mol. The van der Waals surface area contributed by atoms with E-state index in [2.05, 4.69) is 56.2 Å². The summed E-state index contributed by atoms with van der Waals surface area (Å²) in [6.07, 6.45) is 4.19. The fourth-order valence-electron chi connectivity index (χ4n) is 14.2. The molecule has 0 spiro atoms. The van der Waals surface area contributed by atoms with Gasteiger partial charge in [-0.1, -0.05) is 66.0 Å². The van der Waals surface area contributed by atoms with E-state index >= 15 is 0 Å². The topological polar surface area (TPSA) is 440 Å². The van der Waals surface area contributed by atoms with Gasteiger partial charge in [-0.2, -0.15) is 0 Å². The van der Waals surface area contributed by atoms with Gasteiger partial charge in [0.15, 0.2) is 34.6 Å². The lowest BCUT2D eigenvalue weighted by Gasteiger charge is -2.46. The summed E-state index contributed by atoms with van der Waals surface area (Å²) in [5.74, 6) is -11.7. The molecule has 0 radical (unpaired) electrons. The van der Waals surface area contributed by atoms with E-state index in [0.29, 0.717) is 57.6 Å². The van der Waals surface area contributed by atoms with Crippen molar-refractivity contribution in [3.63, 3.8) is 0 Å².